The number of amides is 2. The van der Waals surface area contributed by atoms with Crippen molar-refractivity contribution in [1.29, 1.82) is 0 Å². The summed E-state index contributed by atoms with van der Waals surface area (Å²) in [5.74, 6) is 1.03. The molecule has 0 aliphatic carbocycles. The normalized spacial score (nSPS) is 10.5. The number of ether oxygens (including phenoxy) is 1. The highest BCUT2D eigenvalue weighted by atomic mass is 32.2. The van der Waals surface area contributed by atoms with Crippen molar-refractivity contribution < 1.29 is 14.3 Å². The van der Waals surface area contributed by atoms with Gasteiger partial charge in [-0.3, -0.25) is 14.7 Å². The lowest BCUT2D eigenvalue weighted by atomic mass is 10.1. The Labute approximate surface area is 178 Å². The molecule has 3 rings (SSSR count). The molecule has 8 nitrogen and oxygen atoms in total. The van der Waals surface area contributed by atoms with Crippen LogP contribution in [0, 0.1) is 0 Å². The lowest BCUT2D eigenvalue weighted by molar-refractivity contribution is -0.113. The predicted molar refractivity (Wildman–Crippen MR) is 116 cm³/mol. The fourth-order valence-electron chi connectivity index (χ4n) is 2.70. The van der Waals surface area contributed by atoms with E-state index in [-0.39, 0.29) is 24.1 Å². The van der Waals surface area contributed by atoms with Gasteiger partial charge in [-0.2, -0.15) is 0 Å². The number of carbonyl (C=O) groups is 2. The number of carbonyl (C=O) groups excluding carboxylic acids is 2. The van der Waals surface area contributed by atoms with Crippen LogP contribution in [0.3, 0.4) is 0 Å². The molecule has 0 aliphatic rings. The fourth-order valence-corrected chi connectivity index (χ4v) is 3.31. The monoisotopic (exact) mass is 425 g/mol. The molecule has 30 heavy (non-hydrogen) atoms. The minimum Gasteiger partial charge on any atom is -0.497 e. The maximum atomic E-state index is 12.2. The van der Waals surface area contributed by atoms with Gasteiger partial charge in [0.05, 0.1) is 19.4 Å². The predicted octanol–water partition coefficient (Wildman–Crippen LogP) is 3.04. The van der Waals surface area contributed by atoms with Gasteiger partial charge >= 0.3 is 0 Å². The number of anilines is 1. The van der Waals surface area contributed by atoms with Gasteiger partial charge in [-0.25, -0.2) is 4.98 Å². The van der Waals surface area contributed by atoms with Crippen molar-refractivity contribution in [3.05, 3.63) is 65.5 Å². The highest BCUT2D eigenvalue weighted by molar-refractivity contribution is 7.99. The zero-order valence-electron chi connectivity index (χ0n) is 16.8. The third-order valence-corrected chi connectivity index (χ3v) is 5.13. The van der Waals surface area contributed by atoms with Gasteiger partial charge in [0.25, 0.3) is 5.91 Å². The third kappa shape index (κ3) is 5.84. The van der Waals surface area contributed by atoms with Crippen LogP contribution in [0.15, 0.2) is 53.7 Å². The number of benzene rings is 2. The number of para-hydroxylation sites is 1. The second-order valence-corrected chi connectivity index (χ2v) is 7.27. The Bertz CT molecular complexity index is 1000. The van der Waals surface area contributed by atoms with Crippen molar-refractivity contribution in [3.8, 4) is 5.75 Å². The molecule has 0 radical (unpaired) electrons. The molecule has 0 unspecified atom stereocenters. The van der Waals surface area contributed by atoms with E-state index in [1.807, 2.05) is 31.2 Å². The summed E-state index contributed by atoms with van der Waals surface area (Å²) in [5, 5.41) is 13.0. The Morgan fingerprint density at radius 2 is 1.90 bits per heavy atom. The topological polar surface area (TPSA) is 109 Å². The summed E-state index contributed by atoms with van der Waals surface area (Å²) in [7, 11) is 1.57. The number of methoxy groups -OCH3 is 1. The smallest absolute Gasteiger partial charge is 0.251 e. The summed E-state index contributed by atoms with van der Waals surface area (Å²) in [5.41, 5.74) is 2.43. The number of H-pyrrole nitrogens is 1. The summed E-state index contributed by atoms with van der Waals surface area (Å²) in [6.45, 7) is 2.25. The number of rotatable bonds is 9. The van der Waals surface area contributed by atoms with Crippen LogP contribution in [-0.4, -0.2) is 39.9 Å². The van der Waals surface area contributed by atoms with E-state index in [4.69, 9.17) is 4.74 Å². The Morgan fingerprint density at radius 3 is 2.63 bits per heavy atom. The highest BCUT2D eigenvalue weighted by Crippen LogP contribution is 2.17. The molecule has 0 saturated heterocycles. The van der Waals surface area contributed by atoms with E-state index in [9.17, 15) is 9.59 Å². The van der Waals surface area contributed by atoms with Gasteiger partial charge in [0.1, 0.15) is 11.6 Å². The van der Waals surface area contributed by atoms with Gasteiger partial charge in [-0.1, -0.05) is 36.9 Å². The first kappa shape index (κ1) is 21.4. The fraction of sp³-hybridized carbons (Fsp3) is 0.238. The number of aromatic nitrogens is 3. The second kappa shape index (κ2) is 10.4. The van der Waals surface area contributed by atoms with E-state index >= 15 is 0 Å². The first-order valence-electron chi connectivity index (χ1n) is 9.43. The molecule has 0 saturated carbocycles. The van der Waals surface area contributed by atoms with Gasteiger partial charge in [-0.05, 0) is 42.3 Å². The molecule has 0 aliphatic heterocycles. The number of aryl methyl sites for hydroxylation is 1. The van der Waals surface area contributed by atoms with Gasteiger partial charge in [0, 0.05) is 11.3 Å². The number of thioether (sulfide) groups is 1. The molecule has 1 aromatic heterocycles. The van der Waals surface area contributed by atoms with Gasteiger partial charge in [-0.15, -0.1) is 5.10 Å². The maximum absolute atomic E-state index is 12.2. The zero-order chi connectivity index (χ0) is 21.3. The summed E-state index contributed by atoms with van der Waals surface area (Å²) >= 11 is 1.22. The van der Waals surface area contributed by atoms with E-state index in [0.29, 0.717) is 22.3 Å². The average Bonchev–Trinajstić information content (AvgIpc) is 3.24. The summed E-state index contributed by atoms with van der Waals surface area (Å²) < 4.78 is 5.08. The van der Waals surface area contributed by atoms with Crippen LogP contribution in [0.2, 0.25) is 0 Å². The molecule has 0 fully saturated rings. The molecule has 0 atom stereocenters. The van der Waals surface area contributed by atoms with E-state index < -0.39 is 0 Å². The molecule has 3 aromatic rings. The van der Waals surface area contributed by atoms with Crippen LogP contribution in [0.1, 0.15) is 28.7 Å². The van der Waals surface area contributed by atoms with E-state index in [1.165, 1.54) is 11.8 Å². The number of aromatic amines is 1. The maximum Gasteiger partial charge on any atom is 0.251 e. The zero-order valence-corrected chi connectivity index (χ0v) is 17.6. The van der Waals surface area contributed by atoms with Crippen LogP contribution < -0.4 is 15.4 Å². The minimum absolute atomic E-state index is 0.125. The molecule has 156 valence electrons. The molecule has 3 N–H and O–H groups in total. The molecule has 0 spiro atoms. The van der Waals surface area contributed by atoms with Gasteiger partial charge in [0.15, 0.2) is 0 Å². The minimum atomic E-state index is -0.225. The van der Waals surface area contributed by atoms with Crippen LogP contribution in [-0.2, 0) is 17.8 Å². The second-order valence-electron chi connectivity index (χ2n) is 6.32. The Hall–Kier alpha value is -3.33. The van der Waals surface area contributed by atoms with E-state index in [0.717, 1.165) is 17.7 Å². The van der Waals surface area contributed by atoms with Crippen LogP contribution in [0.25, 0.3) is 0 Å². The molecule has 9 heteroatoms. The quantitative estimate of drug-likeness (QED) is 0.455. The molecular weight excluding hydrogens is 402 g/mol. The lowest BCUT2D eigenvalue weighted by Crippen LogP contribution is -2.23. The van der Waals surface area contributed by atoms with Gasteiger partial charge in [0.2, 0.25) is 11.1 Å². The molecule has 2 amide bonds. The molecule has 2 aromatic carbocycles. The lowest BCUT2D eigenvalue weighted by Gasteiger charge is -2.08. The highest BCUT2D eigenvalue weighted by Gasteiger charge is 2.11. The molecular formula is C21H23N5O3S. The first-order valence-corrected chi connectivity index (χ1v) is 10.4. The van der Waals surface area contributed by atoms with Crippen molar-refractivity contribution in [2.45, 2.75) is 25.0 Å². The SMILES string of the molecule is CCc1ccccc1NC(=O)CSc1n[nH]c(CNC(=O)c2ccc(OC)cc2)n1. The number of hydrogen-bond acceptors (Lipinski definition) is 6. The third-order valence-electron chi connectivity index (χ3n) is 4.28. The van der Waals surface area contributed by atoms with Crippen LogP contribution in [0.5, 0.6) is 5.75 Å². The Morgan fingerprint density at radius 1 is 1.13 bits per heavy atom. The van der Waals surface area contributed by atoms with Crippen LogP contribution >= 0.6 is 11.8 Å². The van der Waals surface area contributed by atoms with Crippen molar-refractivity contribution in [2.75, 3.05) is 18.2 Å². The summed E-state index contributed by atoms with van der Waals surface area (Å²) in [6.07, 6.45) is 0.843. The Balaban J connectivity index is 1.46. The van der Waals surface area contributed by atoms with Gasteiger partial charge < -0.3 is 15.4 Å². The van der Waals surface area contributed by atoms with Crippen molar-refractivity contribution in [1.82, 2.24) is 20.5 Å². The first-order chi connectivity index (χ1) is 14.6. The number of nitrogens with one attached hydrogen (secondary N) is 3. The van der Waals surface area contributed by atoms with E-state index in [2.05, 4.69) is 25.8 Å². The molecule has 0 bridgehead atoms. The summed E-state index contributed by atoms with van der Waals surface area (Å²) in [6, 6.07) is 14.5. The molecule has 1 heterocycles. The van der Waals surface area contributed by atoms with Crippen molar-refractivity contribution >= 4 is 29.3 Å². The summed E-state index contributed by atoms with van der Waals surface area (Å²) in [4.78, 5) is 28.7. The standard InChI is InChI=1S/C21H23N5O3S/c1-3-14-6-4-5-7-17(14)23-19(27)13-30-21-24-18(25-26-21)12-22-20(28)15-8-10-16(29-2)11-9-15/h4-11H,3,12-13H2,1-2H3,(H,22,28)(H,23,27)(H,24,25,26). The van der Waals surface area contributed by atoms with Crippen molar-refractivity contribution in [3.63, 3.8) is 0 Å². The van der Waals surface area contributed by atoms with Crippen molar-refractivity contribution in [2.24, 2.45) is 0 Å². The van der Waals surface area contributed by atoms with E-state index in [1.54, 1.807) is 31.4 Å². The number of nitrogens with zero attached hydrogens (tertiary/aromatic N) is 2. The average molecular weight is 426 g/mol. The number of hydrogen-bond donors (Lipinski definition) is 3. The Kier molecular flexibility index (Phi) is 7.45. The largest absolute Gasteiger partial charge is 0.497 e. The van der Waals surface area contributed by atoms with Crippen LogP contribution in [0.4, 0.5) is 5.69 Å².